The van der Waals surface area contributed by atoms with Crippen LogP contribution in [0.25, 0.3) is 0 Å². The van der Waals surface area contributed by atoms with E-state index in [-0.39, 0.29) is 10.6 Å². The predicted molar refractivity (Wildman–Crippen MR) is 73.5 cm³/mol. The van der Waals surface area contributed by atoms with Crippen molar-refractivity contribution in [1.82, 2.24) is 5.32 Å². The summed E-state index contributed by atoms with van der Waals surface area (Å²) in [5, 5.41) is 13.6. The third-order valence-electron chi connectivity index (χ3n) is 2.57. The summed E-state index contributed by atoms with van der Waals surface area (Å²) in [7, 11) is 0. The van der Waals surface area contributed by atoms with Crippen molar-refractivity contribution in [2.45, 2.75) is 45.3 Å². The van der Waals surface area contributed by atoms with Crippen LogP contribution >= 0.6 is 11.6 Å². The van der Waals surface area contributed by atoms with E-state index in [2.05, 4.69) is 5.32 Å². The molecule has 102 valence electrons. The lowest BCUT2D eigenvalue weighted by Crippen LogP contribution is -2.47. The molecule has 18 heavy (non-hydrogen) atoms. The third kappa shape index (κ3) is 5.34. The van der Waals surface area contributed by atoms with Crippen LogP contribution in [-0.4, -0.2) is 22.8 Å². The Morgan fingerprint density at radius 2 is 1.89 bits per heavy atom. The van der Waals surface area contributed by atoms with Crippen LogP contribution in [0.4, 0.5) is 4.39 Å². The molecule has 0 aliphatic rings. The molecule has 0 saturated carbocycles. The molecule has 1 atom stereocenters. The smallest absolute Gasteiger partial charge is 0.141 e. The van der Waals surface area contributed by atoms with E-state index in [0.717, 1.165) is 5.56 Å². The molecule has 0 fully saturated rings. The minimum atomic E-state index is -0.894. The molecule has 0 amide bonds. The van der Waals surface area contributed by atoms with Crippen LogP contribution in [0.2, 0.25) is 5.02 Å². The summed E-state index contributed by atoms with van der Waals surface area (Å²) in [5.74, 6) is -0.437. The molecule has 0 aliphatic heterocycles. The normalized spacial score (nSPS) is 15.5. The number of nitrogens with one attached hydrogen (secondary N) is 1. The standard InChI is InChI=1S/C14H21ClFNO/c1-13(2,3)17-9-14(4,18)8-10-5-6-12(16)11(15)7-10/h5-7,17-18H,8-9H2,1-4H3. The van der Waals surface area contributed by atoms with Crippen molar-refractivity contribution < 1.29 is 9.50 Å². The number of halogens is 2. The topological polar surface area (TPSA) is 32.3 Å². The van der Waals surface area contributed by atoms with Crippen LogP contribution in [0.5, 0.6) is 0 Å². The average molecular weight is 274 g/mol. The predicted octanol–water partition coefficient (Wildman–Crippen LogP) is 3.16. The SMILES string of the molecule is CC(O)(CNC(C)(C)C)Cc1ccc(F)c(Cl)c1. The highest BCUT2D eigenvalue weighted by atomic mass is 35.5. The molecule has 0 aromatic heterocycles. The average Bonchev–Trinajstić information content (AvgIpc) is 2.20. The Balaban J connectivity index is 2.67. The van der Waals surface area contributed by atoms with Crippen LogP contribution < -0.4 is 5.32 Å². The van der Waals surface area contributed by atoms with Crippen molar-refractivity contribution in [2.24, 2.45) is 0 Å². The van der Waals surface area contributed by atoms with Crippen molar-refractivity contribution in [3.05, 3.63) is 34.6 Å². The molecule has 1 aromatic rings. The van der Waals surface area contributed by atoms with E-state index >= 15 is 0 Å². The van der Waals surface area contributed by atoms with Gasteiger partial charge in [-0.2, -0.15) is 0 Å². The minimum absolute atomic E-state index is 0.0512. The Kier molecular flexibility index (Phi) is 4.76. The van der Waals surface area contributed by atoms with Gasteiger partial charge in [0.1, 0.15) is 5.82 Å². The van der Waals surface area contributed by atoms with Crippen molar-refractivity contribution in [2.75, 3.05) is 6.54 Å². The number of rotatable bonds is 4. The molecular weight excluding hydrogens is 253 g/mol. The molecule has 2 nitrogen and oxygen atoms in total. The van der Waals surface area contributed by atoms with Gasteiger partial charge in [-0.05, 0) is 45.4 Å². The Morgan fingerprint density at radius 3 is 2.39 bits per heavy atom. The van der Waals surface area contributed by atoms with Crippen molar-refractivity contribution >= 4 is 11.6 Å². The van der Waals surface area contributed by atoms with Gasteiger partial charge in [0.15, 0.2) is 0 Å². The van der Waals surface area contributed by atoms with Gasteiger partial charge in [-0.15, -0.1) is 0 Å². The Hall–Kier alpha value is -0.640. The van der Waals surface area contributed by atoms with Gasteiger partial charge in [-0.3, -0.25) is 0 Å². The van der Waals surface area contributed by atoms with Crippen molar-refractivity contribution in [3.8, 4) is 0 Å². The molecule has 0 aliphatic carbocycles. The molecule has 1 unspecified atom stereocenters. The summed E-state index contributed by atoms with van der Waals surface area (Å²) in [6, 6.07) is 4.53. The lowest BCUT2D eigenvalue weighted by atomic mass is 9.95. The number of β-amino-alcohol motifs (C(OH)–C–C–N with tert-alkyl or cyclic N) is 1. The second-order valence-corrected chi connectivity index (χ2v) is 6.43. The first-order valence-electron chi connectivity index (χ1n) is 6.00. The monoisotopic (exact) mass is 273 g/mol. The highest BCUT2D eigenvalue weighted by Gasteiger charge is 2.23. The highest BCUT2D eigenvalue weighted by molar-refractivity contribution is 6.30. The van der Waals surface area contributed by atoms with Crippen molar-refractivity contribution in [1.29, 1.82) is 0 Å². The van der Waals surface area contributed by atoms with Gasteiger partial charge in [0.2, 0.25) is 0 Å². The summed E-state index contributed by atoms with van der Waals surface area (Å²) in [6.45, 7) is 8.34. The molecule has 0 spiro atoms. The fourth-order valence-electron chi connectivity index (χ4n) is 1.61. The molecule has 0 radical (unpaired) electrons. The van der Waals surface area contributed by atoms with Gasteiger partial charge >= 0.3 is 0 Å². The third-order valence-corrected chi connectivity index (χ3v) is 2.86. The zero-order valence-electron chi connectivity index (χ0n) is 11.3. The Labute approximate surface area is 113 Å². The summed E-state index contributed by atoms with van der Waals surface area (Å²) < 4.78 is 13.0. The molecule has 0 saturated heterocycles. The molecule has 1 rings (SSSR count). The maximum atomic E-state index is 13.0. The van der Waals surface area contributed by atoms with E-state index < -0.39 is 11.4 Å². The van der Waals surface area contributed by atoms with E-state index in [1.807, 2.05) is 20.8 Å². The molecule has 0 bridgehead atoms. The maximum Gasteiger partial charge on any atom is 0.141 e. The van der Waals surface area contributed by atoms with Gasteiger partial charge in [-0.25, -0.2) is 4.39 Å². The fraction of sp³-hybridized carbons (Fsp3) is 0.571. The van der Waals surface area contributed by atoms with E-state index in [1.165, 1.54) is 6.07 Å². The summed E-state index contributed by atoms with van der Waals surface area (Å²) in [6.07, 6.45) is 0.427. The van der Waals surface area contributed by atoms with E-state index in [4.69, 9.17) is 11.6 Å². The molecular formula is C14H21ClFNO. The summed E-state index contributed by atoms with van der Waals surface area (Å²) >= 11 is 5.72. The van der Waals surface area contributed by atoms with Crippen LogP contribution in [0.3, 0.4) is 0 Å². The second-order valence-electron chi connectivity index (χ2n) is 6.03. The lowest BCUT2D eigenvalue weighted by Gasteiger charge is -2.29. The lowest BCUT2D eigenvalue weighted by molar-refractivity contribution is 0.0534. The Bertz CT molecular complexity index is 413. The van der Waals surface area contributed by atoms with Crippen LogP contribution in [0, 0.1) is 5.82 Å². The van der Waals surface area contributed by atoms with Crippen LogP contribution in [0.15, 0.2) is 18.2 Å². The zero-order chi connectivity index (χ0) is 14.0. The largest absolute Gasteiger partial charge is 0.389 e. The summed E-state index contributed by atoms with van der Waals surface area (Å²) in [4.78, 5) is 0. The number of hydrogen-bond donors (Lipinski definition) is 2. The fourth-order valence-corrected chi connectivity index (χ4v) is 1.81. The van der Waals surface area contributed by atoms with Gasteiger partial charge < -0.3 is 10.4 Å². The number of benzene rings is 1. The molecule has 0 heterocycles. The molecule has 2 N–H and O–H groups in total. The maximum absolute atomic E-state index is 13.0. The van der Waals surface area contributed by atoms with Gasteiger partial charge in [0, 0.05) is 18.5 Å². The van der Waals surface area contributed by atoms with E-state index in [1.54, 1.807) is 19.1 Å². The number of aliphatic hydroxyl groups is 1. The van der Waals surface area contributed by atoms with Crippen molar-refractivity contribution in [3.63, 3.8) is 0 Å². The first-order chi connectivity index (χ1) is 8.09. The quantitative estimate of drug-likeness (QED) is 0.883. The van der Waals surface area contributed by atoms with Crippen LogP contribution in [0.1, 0.15) is 33.3 Å². The molecule has 4 heteroatoms. The van der Waals surface area contributed by atoms with E-state index in [0.29, 0.717) is 13.0 Å². The highest BCUT2D eigenvalue weighted by Crippen LogP contribution is 2.20. The zero-order valence-corrected chi connectivity index (χ0v) is 12.1. The van der Waals surface area contributed by atoms with Crippen LogP contribution in [-0.2, 0) is 6.42 Å². The van der Waals surface area contributed by atoms with E-state index in [9.17, 15) is 9.50 Å². The Morgan fingerprint density at radius 1 is 1.28 bits per heavy atom. The minimum Gasteiger partial charge on any atom is -0.389 e. The first-order valence-corrected chi connectivity index (χ1v) is 6.38. The first kappa shape index (κ1) is 15.4. The second kappa shape index (κ2) is 5.55. The summed E-state index contributed by atoms with van der Waals surface area (Å²) in [5.41, 5.74) is -0.124. The van der Waals surface area contributed by atoms with Gasteiger partial charge in [-0.1, -0.05) is 17.7 Å². The van der Waals surface area contributed by atoms with Gasteiger partial charge in [0.05, 0.1) is 10.6 Å². The number of hydrogen-bond acceptors (Lipinski definition) is 2. The van der Waals surface area contributed by atoms with Gasteiger partial charge in [0.25, 0.3) is 0 Å². The molecule has 1 aromatic carbocycles.